The molecule has 0 aliphatic carbocycles. The SMILES string of the molecule is C.CC.CC.CCCc1ccccc1C. The van der Waals surface area contributed by atoms with Gasteiger partial charge in [-0.25, -0.2) is 0 Å². The second-order valence-corrected chi connectivity index (χ2v) is 2.68. The third-order valence-corrected chi connectivity index (χ3v) is 1.78. The van der Waals surface area contributed by atoms with Gasteiger partial charge in [-0.2, -0.15) is 0 Å². The highest BCUT2D eigenvalue weighted by Crippen LogP contribution is 2.08. The summed E-state index contributed by atoms with van der Waals surface area (Å²) in [7, 11) is 0. The highest BCUT2D eigenvalue weighted by atomic mass is 14.0. The fourth-order valence-electron chi connectivity index (χ4n) is 1.16. The number of rotatable bonds is 2. The Bertz CT molecular complexity index is 201. The fourth-order valence-corrected chi connectivity index (χ4v) is 1.16. The van der Waals surface area contributed by atoms with Crippen molar-refractivity contribution in [1.29, 1.82) is 0 Å². The van der Waals surface area contributed by atoms with Gasteiger partial charge in [0.15, 0.2) is 0 Å². The first-order valence-electron chi connectivity index (χ1n) is 5.89. The molecule has 0 N–H and O–H groups in total. The quantitative estimate of drug-likeness (QED) is 0.593. The van der Waals surface area contributed by atoms with E-state index in [1.165, 1.54) is 24.0 Å². The molecule has 15 heavy (non-hydrogen) atoms. The molecule has 0 spiro atoms. The molecule has 0 radical (unpaired) electrons. The number of hydrogen-bond donors (Lipinski definition) is 0. The molecule has 0 fully saturated rings. The summed E-state index contributed by atoms with van der Waals surface area (Å²) in [6.45, 7) is 12.4. The van der Waals surface area contributed by atoms with Crippen LogP contribution in [0.15, 0.2) is 24.3 Å². The first-order valence-corrected chi connectivity index (χ1v) is 5.89. The lowest BCUT2D eigenvalue weighted by Gasteiger charge is -2.01. The fraction of sp³-hybridized carbons (Fsp3) is 0.600. The van der Waals surface area contributed by atoms with Gasteiger partial charge in [-0.05, 0) is 24.5 Å². The molecule has 0 saturated heterocycles. The summed E-state index contributed by atoms with van der Waals surface area (Å²) in [5.74, 6) is 0. The lowest BCUT2D eigenvalue weighted by Crippen LogP contribution is -1.85. The molecule has 0 heteroatoms. The van der Waals surface area contributed by atoms with Gasteiger partial charge in [-0.3, -0.25) is 0 Å². The van der Waals surface area contributed by atoms with Gasteiger partial charge < -0.3 is 0 Å². The molecule has 0 aliphatic heterocycles. The molecule has 0 atom stereocenters. The van der Waals surface area contributed by atoms with Crippen molar-refractivity contribution in [2.75, 3.05) is 0 Å². The van der Waals surface area contributed by atoms with E-state index in [9.17, 15) is 0 Å². The third kappa shape index (κ3) is 9.52. The van der Waals surface area contributed by atoms with Crippen LogP contribution in [0.4, 0.5) is 0 Å². The van der Waals surface area contributed by atoms with Crippen LogP contribution in [0.1, 0.15) is 59.6 Å². The second kappa shape index (κ2) is 15.7. The van der Waals surface area contributed by atoms with Crippen molar-refractivity contribution in [3.8, 4) is 0 Å². The average Bonchev–Trinajstić information content (AvgIpc) is 2.28. The molecule has 1 rings (SSSR count). The lowest BCUT2D eigenvalue weighted by molar-refractivity contribution is 0.913. The Balaban J connectivity index is -0.000000258. The summed E-state index contributed by atoms with van der Waals surface area (Å²) < 4.78 is 0. The van der Waals surface area contributed by atoms with E-state index >= 15 is 0 Å². The van der Waals surface area contributed by atoms with Crippen molar-refractivity contribution in [1.82, 2.24) is 0 Å². The van der Waals surface area contributed by atoms with Crippen molar-refractivity contribution in [2.24, 2.45) is 0 Å². The zero-order valence-corrected chi connectivity index (χ0v) is 10.7. The van der Waals surface area contributed by atoms with Crippen LogP contribution in [0.2, 0.25) is 0 Å². The van der Waals surface area contributed by atoms with Gasteiger partial charge in [0.25, 0.3) is 0 Å². The van der Waals surface area contributed by atoms with Crippen LogP contribution in [0, 0.1) is 6.92 Å². The van der Waals surface area contributed by atoms with Crippen LogP contribution in [-0.2, 0) is 6.42 Å². The zero-order valence-electron chi connectivity index (χ0n) is 10.7. The predicted octanol–water partition coefficient (Wildman–Crippen LogP) is 5.64. The van der Waals surface area contributed by atoms with E-state index in [1.54, 1.807) is 0 Å². The minimum absolute atomic E-state index is 0. The molecule has 90 valence electrons. The topological polar surface area (TPSA) is 0 Å². The molecule has 0 bridgehead atoms. The molecule has 0 unspecified atom stereocenters. The van der Waals surface area contributed by atoms with Crippen LogP contribution in [-0.4, -0.2) is 0 Å². The molecule has 0 heterocycles. The Morgan fingerprint density at radius 3 is 1.80 bits per heavy atom. The van der Waals surface area contributed by atoms with E-state index in [0.29, 0.717) is 0 Å². The number of aryl methyl sites for hydroxylation is 2. The summed E-state index contributed by atoms with van der Waals surface area (Å²) in [5, 5.41) is 0. The minimum atomic E-state index is 0. The van der Waals surface area contributed by atoms with E-state index in [4.69, 9.17) is 0 Å². The van der Waals surface area contributed by atoms with Crippen molar-refractivity contribution in [3.63, 3.8) is 0 Å². The van der Waals surface area contributed by atoms with Crippen molar-refractivity contribution in [2.45, 2.75) is 61.8 Å². The largest absolute Gasteiger partial charge is 0.0776 e. The summed E-state index contributed by atoms with van der Waals surface area (Å²) in [5.41, 5.74) is 2.91. The molecule has 0 saturated carbocycles. The van der Waals surface area contributed by atoms with Crippen LogP contribution < -0.4 is 0 Å². The van der Waals surface area contributed by atoms with Crippen LogP contribution in [0.3, 0.4) is 0 Å². The van der Waals surface area contributed by atoms with E-state index in [1.807, 2.05) is 27.7 Å². The Hall–Kier alpha value is -0.780. The third-order valence-electron chi connectivity index (χ3n) is 1.78. The van der Waals surface area contributed by atoms with Crippen molar-refractivity contribution >= 4 is 0 Å². The Kier molecular flexibility index (Phi) is 20.6. The van der Waals surface area contributed by atoms with E-state index in [2.05, 4.69) is 38.1 Å². The molecule has 1 aromatic carbocycles. The smallest absolute Gasteiger partial charge is 0.0279 e. The molecule has 0 aliphatic rings. The van der Waals surface area contributed by atoms with Crippen molar-refractivity contribution < 1.29 is 0 Å². The van der Waals surface area contributed by atoms with Gasteiger partial charge in [0.1, 0.15) is 0 Å². The maximum absolute atomic E-state index is 2.21. The van der Waals surface area contributed by atoms with Crippen LogP contribution in [0.25, 0.3) is 0 Å². The average molecular weight is 210 g/mol. The van der Waals surface area contributed by atoms with Crippen LogP contribution >= 0.6 is 0 Å². The normalized spacial score (nSPS) is 7.33. The van der Waals surface area contributed by atoms with Crippen LogP contribution in [0.5, 0.6) is 0 Å². The van der Waals surface area contributed by atoms with Gasteiger partial charge in [-0.1, -0.05) is 72.7 Å². The lowest BCUT2D eigenvalue weighted by atomic mass is 10.1. The molecular formula is C15H30. The Morgan fingerprint density at radius 1 is 0.933 bits per heavy atom. The van der Waals surface area contributed by atoms with Gasteiger partial charge in [0.05, 0.1) is 0 Å². The summed E-state index contributed by atoms with van der Waals surface area (Å²) in [4.78, 5) is 0. The maximum Gasteiger partial charge on any atom is -0.0279 e. The predicted molar refractivity (Wildman–Crippen MR) is 74.6 cm³/mol. The van der Waals surface area contributed by atoms with Gasteiger partial charge in [0, 0.05) is 0 Å². The van der Waals surface area contributed by atoms with E-state index in [-0.39, 0.29) is 7.43 Å². The molecule has 0 aromatic heterocycles. The van der Waals surface area contributed by atoms with E-state index in [0.717, 1.165) is 0 Å². The van der Waals surface area contributed by atoms with Gasteiger partial charge in [0.2, 0.25) is 0 Å². The minimum Gasteiger partial charge on any atom is -0.0776 e. The highest BCUT2D eigenvalue weighted by molar-refractivity contribution is 5.25. The monoisotopic (exact) mass is 210 g/mol. The molecule has 0 amide bonds. The molecule has 0 nitrogen and oxygen atoms in total. The highest BCUT2D eigenvalue weighted by Gasteiger charge is 1.92. The first-order chi connectivity index (χ1) is 6.84. The molecule has 1 aromatic rings. The van der Waals surface area contributed by atoms with Crippen molar-refractivity contribution in [3.05, 3.63) is 35.4 Å². The van der Waals surface area contributed by atoms with Gasteiger partial charge >= 0.3 is 0 Å². The zero-order chi connectivity index (χ0) is 11.4. The standard InChI is InChI=1S/C10H14.2C2H6.CH4/c1-3-6-10-8-5-4-7-9(10)2;2*1-2;/h4-5,7-8H,3,6H2,1-2H3;2*1-2H3;1H4. The van der Waals surface area contributed by atoms with Gasteiger partial charge in [-0.15, -0.1) is 0 Å². The second-order valence-electron chi connectivity index (χ2n) is 2.68. The number of hydrogen-bond acceptors (Lipinski definition) is 0. The Morgan fingerprint density at radius 2 is 1.40 bits per heavy atom. The van der Waals surface area contributed by atoms with E-state index < -0.39 is 0 Å². The summed E-state index contributed by atoms with van der Waals surface area (Å²) in [6, 6.07) is 8.58. The number of benzene rings is 1. The maximum atomic E-state index is 2.21. The Labute approximate surface area is 97.7 Å². The first kappa shape index (κ1) is 19.7. The summed E-state index contributed by atoms with van der Waals surface area (Å²) >= 11 is 0. The summed E-state index contributed by atoms with van der Waals surface area (Å²) in [6.07, 6.45) is 2.46. The molecular weight excluding hydrogens is 180 g/mol.